The van der Waals surface area contributed by atoms with Gasteiger partial charge < -0.3 is 5.73 Å². The van der Waals surface area contributed by atoms with Crippen LogP contribution in [-0.2, 0) is 0 Å². The average Bonchev–Trinajstić information content (AvgIpc) is 1.85. The van der Waals surface area contributed by atoms with E-state index >= 15 is 0 Å². The van der Waals surface area contributed by atoms with Crippen LogP contribution < -0.4 is 5.73 Å². The molecule has 1 nitrogen and oxygen atoms in total. The summed E-state index contributed by atoms with van der Waals surface area (Å²) in [7, 11) is 0. The summed E-state index contributed by atoms with van der Waals surface area (Å²) in [6.07, 6.45) is 1.76. The SMILES string of the molecule is C=CC(C)(C(=C)C)C(=C)N. The van der Waals surface area contributed by atoms with Gasteiger partial charge in [-0.05, 0) is 13.8 Å². The third-order valence-electron chi connectivity index (χ3n) is 1.96. The Hall–Kier alpha value is -0.980. The molecule has 0 amide bonds. The first-order chi connectivity index (χ1) is 4.45. The Balaban J connectivity index is 4.72. The molecule has 0 spiro atoms. The van der Waals surface area contributed by atoms with E-state index in [0.29, 0.717) is 5.70 Å². The maximum Gasteiger partial charge on any atom is 0.0444 e. The highest BCUT2D eigenvalue weighted by Crippen LogP contribution is 2.30. The van der Waals surface area contributed by atoms with Crippen LogP contribution in [0.5, 0.6) is 0 Å². The minimum absolute atomic E-state index is 0.306. The minimum atomic E-state index is -0.306. The van der Waals surface area contributed by atoms with E-state index in [0.717, 1.165) is 5.57 Å². The molecule has 0 aliphatic carbocycles. The average molecular weight is 137 g/mol. The highest BCUT2D eigenvalue weighted by molar-refractivity contribution is 5.27. The minimum Gasteiger partial charge on any atom is -0.402 e. The van der Waals surface area contributed by atoms with Crippen LogP contribution in [0.4, 0.5) is 0 Å². The summed E-state index contributed by atoms with van der Waals surface area (Å²) in [4.78, 5) is 0. The molecule has 56 valence electrons. The van der Waals surface area contributed by atoms with Gasteiger partial charge in [-0.15, -0.1) is 6.58 Å². The molecule has 0 aliphatic heterocycles. The predicted octanol–water partition coefficient (Wildman–Crippen LogP) is 2.23. The molecule has 0 aromatic rings. The second-order valence-electron chi connectivity index (χ2n) is 2.71. The second-order valence-corrected chi connectivity index (χ2v) is 2.71. The van der Waals surface area contributed by atoms with E-state index in [4.69, 9.17) is 5.73 Å². The van der Waals surface area contributed by atoms with Crippen LogP contribution in [0, 0.1) is 5.41 Å². The Labute approximate surface area is 62.9 Å². The molecule has 2 N–H and O–H groups in total. The van der Waals surface area contributed by atoms with Gasteiger partial charge in [0.15, 0.2) is 0 Å². The highest BCUT2D eigenvalue weighted by atomic mass is 14.6. The van der Waals surface area contributed by atoms with Gasteiger partial charge in [-0.1, -0.05) is 24.8 Å². The van der Waals surface area contributed by atoms with Gasteiger partial charge in [-0.2, -0.15) is 0 Å². The molecule has 10 heavy (non-hydrogen) atoms. The lowest BCUT2D eigenvalue weighted by Gasteiger charge is -2.25. The molecule has 0 aromatic heterocycles. The van der Waals surface area contributed by atoms with E-state index in [-0.39, 0.29) is 5.41 Å². The fourth-order valence-electron chi connectivity index (χ4n) is 0.579. The monoisotopic (exact) mass is 137 g/mol. The summed E-state index contributed by atoms with van der Waals surface area (Å²) >= 11 is 0. The number of allylic oxidation sites excluding steroid dienone is 1. The third-order valence-corrected chi connectivity index (χ3v) is 1.96. The topological polar surface area (TPSA) is 26.0 Å². The van der Waals surface area contributed by atoms with Crippen molar-refractivity contribution in [3.8, 4) is 0 Å². The van der Waals surface area contributed by atoms with Crippen molar-refractivity contribution >= 4 is 0 Å². The zero-order valence-corrected chi connectivity index (χ0v) is 6.78. The molecule has 0 fully saturated rings. The molecule has 0 aliphatic rings. The molecule has 0 aromatic carbocycles. The van der Waals surface area contributed by atoms with E-state index in [1.807, 2.05) is 13.8 Å². The Morgan fingerprint density at radius 2 is 1.90 bits per heavy atom. The van der Waals surface area contributed by atoms with Crippen LogP contribution in [0.1, 0.15) is 13.8 Å². The summed E-state index contributed by atoms with van der Waals surface area (Å²) in [6, 6.07) is 0. The zero-order valence-electron chi connectivity index (χ0n) is 6.78. The standard InChI is InChI=1S/C9H15N/c1-6-9(5,7(2)3)8(4)10/h6H,1-2,4,10H2,3,5H3. The van der Waals surface area contributed by atoms with Crippen LogP contribution in [0.2, 0.25) is 0 Å². The molecular formula is C9H15N. The zero-order chi connectivity index (χ0) is 8.36. The normalized spacial score (nSPS) is 15.4. The number of nitrogens with two attached hydrogens (primary N) is 1. The van der Waals surface area contributed by atoms with E-state index in [9.17, 15) is 0 Å². The second kappa shape index (κ2) is 2.74. The Morgan fingerprint density at radius 1 is 1.50 bits per heavy atom. The molecule has 0 bridgehead atoms. The van der Waals surface area contributed by atoms with Crippen molar-refractivity contribution in [2.24, 2.45) is 11.1 Å². The molecule has 1 unspecified atom stereocenters. The quantitative estimate of drug-likeness (QED) is 0.593. The van der Waals surface area contributed by atoms with Gasteiger partial charge in [0.1, 0.15) is 0 Å². The summed E-state index contributed by atoms with van der Waals surface area (Å²) in [5, 5.41) is 0. The fourth-order valence-corrected chi connectivity index (χ4v) is 0.579. The molecule has 0 saturated carbocycles. The van der Waals surface area contributed by atoms with Crippen molar-refractivity contribution in [1.29, 1.82) is 0 Å². The lowest BCUT2D eigenvalue weighted by molar-refractivity contribution is 0.613. The largest absolute Gasteiger partial charge is 0.402 e. The van der Waals surface area contributed by atoms with Gasteiger partial charge in [-0.3, -0.25) is 0 Å². The summed E-state index contributed by atoms with van der Waals surface area (Å²) in [5.41, 5.74) is 6.81. The highest BCUT2D eigenvalue weighted by Gasteiger charge is 2.22. The van der Waals surface area contributed by atoms with Crippen LogP contribution in [0.3, 0.4) is 0 Å². The van der Waals surface area contributed by atoms with Crippen LogP contribution >= 0.6 is 0 Å². The summed E-state index contributed by atoms with van der Waals surface area (Å²) in [6.45, 7) is 15.0. The maximum absolute atomic E-state index is 5.56. The van der Waals surface area contributed by atoms with Crippen molar-refractivity contribution < 1.29 is 0 Å². The summed E-state index contributed by atoms with van der Waals surface area (Å²) < 4.78 is 0. The van der Waals surface area contributed by atoms with Crippen molar-refractivity contribution in [3.05, 3.63) is 37.1 Å². The molecular weight excluding hydrogens is 122 g/mol. The van der Waals surface area contributed by atoms with Crippen LogP contribution in [0.25, 0.3) is 0 Å². The molecule has 0 rings (SSSR count). The van der Waals surface area contributed by atoms with Crippen LogP contribution in [0.15, 0.2) is 37.1 Å². The van der Waals surface area contributed by atoms with Gasteiger partial charge in [0.2, 0.25) is 0 Å². The molecule has 0 saturated heterocycles. The van der Waals surface area contributed by atoms with Crippen molar-refractivity contribution in [2.75, 3.05) is 0 Å². The van der Waals surface area contributed by atoms with Crippen molar-refractivity contribution in [2.45, 2.75) is 13.8 Å². The fraction of sp³-hybridized carbons (Fsp3) is 0.333. The number of hydrogen-bond acceptors (Lipinski definition) is 1. The summed E-state index contributed by atoms with van der Waals surface area (Å²) in [5.74, 6) is 0. The van der Waals surface area contributed by atoms with Crippen molar-refractivity contribution in [1.82, 2.24) is 0 Å². The van der Waals surface area contributed by atoms with Gasteiger partial charge in [0.25, 0.3) is 0 Å². The number of hydrogen-bond donors (Lipinski definition) is 1. The lowest BCUT2D eigenvalue weighted by Crippen LogP contribution is -2.22. The van der Waals surface area contributed by atoms with E-state index in [2.05, 4.69) is 19.7 Å². The van der Waals surface area contributed by atoms with Crippen molar-refractivity contribution in [3.63, 3.8) is 0 Å². The first-order valence-corrected chi connectivity index (χ1v) is 3.19. The number of rotatable bonds is 3. The van der Waals surface area contributed by atoms with Gasteiger partial charge in [0, 0.05) is 11.1 Å². The molecule has 0 heterocycles. The van der Waals surface area contributed by atoms with Gasteiger partial charge in [-0.25, -0.2) is 0 Å². The van der Waals surface area contributed by atoms with E-state index < -0.39 is 0 Å². The van der Waals surface area contributed by atoms with E-state index in [1.165, 1.54) is 0 Å². The molecule has 1 atom stereocenters. The third kappa shape index (κ3) is 1.29. The maximum atomic E-state index is 5.56. The van der Waals surface area contributed by atoms with Gasteiger partial charge >= 0.3 is 0 Å². The lowest BCUT2D eigenvalue weighted by atomic mass is 9.81. The van der Waals surface area contributed by atoms with Gasteiger partial charge in [0.05, 0.1) is 0 Å². The first kappa shape index (κ1) is 9.02. The molecule has 0 radical (unpaired) electrons. The Kier molecular flexibility index (Phi) is 2.47. The molecule has 1 heteroatoms. The Bertz CT molecular complexity index is 163. The van der Waals surface area contributed by atoms with Crippen LogP contribution in [-0.4, -0.2) is 0 Å². The Morgan fingerprint density at radius 3 is 1.90 bits per heavy atom. The first-order valence-electron chi connectivity index (χ1n) is 3.19. The predicted molar refractivity (Wildman–Crippen MR) is 46.4 cm³/mol. The smallest absolute Gasteiger partial charge is 0.0444 e. The van der Waals surface area contributed by atoms with E-state index in [1.54, 1.807) is 6.08 Å².